The molecule has 10 nitrogen and oxygen atoms in total. The zero-order valence-electron chi connectivity index (χ0n) is 18.0. The Morgan fingerprint density at radius 2 is 1.88 bits per heavy atom. The van der Waals surface area contributed by atoms with Crippen LogP contribution in [0.5, 0.6) is 5.75 Å². The number of esters is 2. The summed E-state index contributed by atoms with van der Waals surface area (Å²) < 4.78 is 15.1. The lowest BCUT2D eigenvalue weighted by atomic mass is 10.1. The van der Waals surface area contributed by atoms with Crippen LogP contribution in [0.15, 0.2) is 52.2 Å². The van der Waals surface area contributed by atoms with Gasteiger partial charge in [0, 0.05) is 10.4 Å². The van der Waals surface area contributed by atoms with Gasteiger partial charge in [-0.3, -0.25) is 9.59 Å². The lowest BCUT2D eigenvalue weighted by Gasteiger charge is -2.07. The number of fused-ring (bicyclic) bond motifs is 1. The Labute approximate surface area is 197 Å². The van der Waals surface area contributed by atoms with Crippen LogP contribution in [0.4, 0.5) is 5.00 Å². The normalized spacial score (nSPS) is 12.3. The van der Waals surface area contributed by atoms with Gasteiger partial charge in [-0.05, 0) is 49.1 Å². The van der Waals surface area contributed by atoms with Crippen molar-refractivity contribution in [3.63, 3.8) is 0 Å². The van der Waals surface area contributed by atoms with Gasteiger partial charge in [0.1, 0.15) is 10.8 Å². The number of amides is 2. The second-order valence-electron chi connectivity index (χ2n) is 7.11. The van der Waals surface area contributed by atoms with E-state index in [0.717, 1.165) is 23.3 Å². The van der Waals surface area contributed by atoms with Crippen molar-refractivity contribution in [2.75, 3.05) is 12.4 Å². The largest absolute Gasteiger partial charge is 0.465 e. The van der Waals surface area contributed by atoms with Gasteiger partial charge in [-0.25, -0.2) is 15.0 Å². The fourth-order valence-corrected chi connectivity index (χ4v) is 4.68. The molecule has 0 atom stereocenters. The van der Waals surface area contributed by atoms with Crippen molar-refractivity contribution in [2.45, 2.75) is 19.3 Å². The quantitative estimate of drug-likeness (QED) is 0.182. The van der Waals surface area contributed by atoms with Gasteiger partial charge in [-0.1, -0.05) is 12.1 Å². The second kappa shape index (κ2) is 10.1. The first-order valence-corrected chi connectivity index (χ1v) is 11.0. The summed E-state index contributed by atoms with van der Waals surface area (Å²) in [4.78, 5) is 49.9. The number of hydrogen-bond donors (Lipinski definition) is 2. The van der Waals surface area contributed by atoms with Gasteiger partial charge < -0.3 is 19.2 Å². The molecule has 2 amide bonds. The van der Waals surface area contributed by atoms with E-state index in [1.807, 2.05) is 0 Å². The number of para-hydroxylation sites is 1. The first kappa shape index (κ1) is 22.9. The molecule has 0 unspecified atom stereocenters. The van der Waals surface area contributed by atoms with Crippen molar-refractivity contribution < 1.29 is 33.1 Å². The van der Waals surface area contributed by atoms with Crippen molar-refractivity contribution >= 4 is 46.3 Å². The third-order valence-electron chi connectivity index (χ3n) is 4.96. The van der Waals surface area contributed by atoms with E-state index in [1.54, 1.807) is 30.3 Å². The molecule has 0 spiro atoms. The van der Waals surface area contributed by atoms with Crippen LogP contribution in [0.1, 0.15) is 43.3 Å². The fourth-order valence-electron chi connectivity index (χ4n) is 3.41. The highest BCUT2D eigenvalue weighted by Gasteiger charge is 2.29. The first-order valence-electron chi connectivity index (χ1n) is 10.2. The van der Waals surface area contributed by atoms with Crippen molar-refractivity contribution in [2.24, 2.45) is 5.10 Å². The number of anilines is 1. The minimum absolute atomic E-state index is 0.0302. The number of nitrogens with zero attached hydrogens (tertiary/aromatic N) is 1. The van der Waals surface area contributed by atoms with Gasteiger partial charge in [-0.15, -0.1) is 11.3 Å². The molecular weight excluding hydrogens is 462 g/mol. The molecule has 4 rings (SSSR count). The highest BCUT2D eigenvalue weighted by molar-refractivity contribution is 7.17. The number of hydrazone groups is 1. The van der Waals surface area contributed by atoms with Crippen molar-refractivity contribution in [3.05, 3.63) is 70.0 Å². The third-order valence-corrected chi connectivity index (χ3v) is 6.17. The minimum Gasteiger partial charge on any atom is -0.465 e. The Morgan fingerprint density at radius 1 is 1.06 bits per heavy atom. The average molecular weight is 481 g/mol. The summed E-state index contributed by atoms with van der Waals surface area (Å²) in [5, 5.41) is 6.51. The minimum atomic E-state index is -1.04. The van der Waals surface area contributed by atoms with Gasteiger partial charge in [-0.2, -0.15) is 5.10 Å². The van der Waals surface area contributed by atoms with Crippen molar-refractivity contribution in [1.29, 1.82) is 0 Å². The maximum absolute atomic E-state index is 12.4. The molecule has 0 saturated heterocycles. The van der Waals surface area contributed by atoms with E-state index in [0.29, 0.717) is 12.0 Å². The van der Waals surface area contributed by atoms with Crippen LogP contribution in [0.3, 0.4) is 0 Å². The fraction of sp³-hybridized carbons (Fsp3) is 0.174. The smallest absolute Gasteiger partial charge is 0.379 e. The predicted octanol–water partition coefficient (Wildman–Crippen LogP) is 2.92. The molecule has 0 radical (unpaired) electrons. The van der Waals surface area contributed by atoms with E-state index in [-0.39, 0.29) is 22.1 Å². The number of benzene rings is 1. The van der Waals surface area contributed by atoms with E-state index < -0.39 is 23.8 Å². The van der Waals surface area contributed by atoms with E-state index in [4.69, 9.17) is 13.9 Å². The van der Waals surface area contributed by atoms with Crippen LogP contribution >= 0.6 is 11.3 Å². The number of hydrogen-bond acceptors (Lipinski definition) is 9. The molecule has 0 saturated carbocycles. The van der Waals surface area contributed by atoms with Crippen molar-refractivity contribution in [3.8, 4) is 5.75 Å². The number of aryl methyl sites for hydroxylation is 1. The monoisotopic (exact) mass is 481 g/mol. The van der Waals surface area contributed by atoms with E-state index in [1.165, 1.54) is 37.0 Å². The van der Waals surface area contributed by atoms with Gasteiger partial charge in [0.2, 0.25) is 5.76 Å². The Balaban J connectivity index is 1.40. The zero-order chi connectivity index (χ0) is 24.1. The summed E-state index contributed by atoms with van der Waals surface area (Å²) in [6.07, 6.45) is 5.03. The lowest BCUT2D eigenvalue weighted by molar-refractivity contribution is -0.136. The molecule has 2 aromatic heterocycles. The van der Waals surface area contributed by atoms with Gasteiger partial charge in [0.25, 0.3) is 0 Å². The molecule has 2 heterocycles. The van der Waals surface area contributed by atoms with Crippen LogP contribution < -0.4 is 15.5 Å². The molecule has 11 heteroatoms. The molecular formula is C23H19N3O7S. The van der Waals surface area contributed by atoms with Crippen LogP contribution in [0.25, 0.3) is 0 Å². The molecule has 1 aliphatic carbocycles. The molecule has 0 bridgehead atoms. The predicted molar refractivity (Wildman–Crippen MR) is 122 cm³/mol. The maximum atomic E-state index is 12.4. The van der Waals surface area contributed by atoms with E-state index in [9.17, 15) is 19.2 Å². The molecule has 3 aromatic rings. The Kier molecular flexibility index (Phi) is 6.83. The van der Waals surface area contributed by atoms with Crippen LogP contribution in [-0.4, -0.2) is 37.1 Å². The first-order chi connectivity index (χ1) is 16.5. The molecule has 2 N–H and O–H groups in total. The van der Waals surface area contributed by atoms with Crippen LogP contribution in [0, 0.1) is 0 Å². The number of nitrogens with one attached hydrogen (secondary N) is 2. The molecule has 0 fully saturated rings. The maximum Gasteiger partial charge on any atom is 0.379 e. The Hall–Kier alpha value is -4.25. The third kappa shape index (κ3) is 4.89. The number of rotatable bonds is 6. The van der Waals surface area contributed by atoms with Gasteiger partial charge >= 0.3 is 23.8 Å². The number of methoxy groups -OCH3 is 1. The van der Waals surface area contributed by atoms with E-state index in [2.05, 4.69) is 15.8 Å². The number of thiophene rings is 1. The molecule has 1 aliphatic rings. The van der Waals surface area contributed by atoms with Crippen LogP contribution in [0.2, 0.25) is 0 Å². The summed E-state index contributed by atoms with van der Waals surface area (Å²) in [7, 11) is 1.26. The summed E-state index contributed by atoms with van der Waals surface area (Å²) in [5.74, 6) is -3.07. The van der Waals surface area contributed by atoms with E-state index >= 15 is 0 Å². The van der Waals surface area contributed by atoms with Gasteiger partial charge in [0.05, 0.1) is 25.2 Å². The zero-order valence-corrected chi connectivity index (χ0v) is 18.8. The van der Waals surface area contributed by atoms with Crippen LogP contribution in [-0.2, 0) is 27.2 Å². The summed E-state index contributed by atoms with van der Waals surface area (Å²) in [6.45, 7) is 0. The summed E-state index contributed by atoms with van der Waals surface area (Å²) >= 11 is 1.26. The molecule has 174 valence electrons. The topological polar surface area (TPSA) is 136 Å². The number of ether oxygens (including phenoxy) is 2. The number of furan rings is 1. The lowest BCUT2D eigenvalue weighted by Crippen LogP contribution is -2.32. The molecule has 1 aromatic carbocycles. The molecule has 0 aliphatic heterocycles. The Morgan fingerprint density at radius 3 is 2.65 bits per heavy atom. The van der Waals surface area contributed by atoms with Gasteiger partial charge in [0.15, 0.2) is 0 Å². The second-order valence-corrected chi connectivity index (χ2v) is 8.22. The van der Waals surface area contributed by atoms with Crippen molar-refractivity contribution in [1.82, 2.24) is 5.43 Å². The summed E-state index contributed by atoms with van der Waals surface area (Å²) in [6, 6.07) is 9.52. The number of carbonyl (C=O) groups excluding carboxylic acids is 4. The Bertz CT molecular complexity index is 1280. The molecule has 34 heavy (non-hydrogen) atoms. The summed E-state index contributed by atoms with van der Waals surface area (Å²) in [5.41, 5.74) is 3.64. The highest BCUT2D eigenvalue weighted by atomic mass is 32.1. The SMILES string of the molecule is COC(=O)c1c(NC(=O)C(=O)NN=Cc2ccccc2OC(=O)c2ccco2)sc2c1CCC2. The standard InChI is InChI=1S/C23H19N3O7S/c1-31-23(30)18-14-7-4-10-17(14)34-21(18)25-19(27)20(28)26-24-12-13-6-2-3-8-15(13)33-22(29)16-9-5-11-32-16/h2-3,5-6,8-9,11-12H,4,7,10H2,1H3,(H,25,27)(H,26,28). The average Bonchev–Trinajstić information content (AvgIpc) is 3.57. The highest BCUT2D eigenvalue weighted by Crippen LogP contribution is 2.39. The number of carbonyl (C=O) groups is 4.